The Morgan fingerprint density at radius 1 is 1.47 bits per heavy atom. The summed E-state index contributed by atoms with van der Waals surface area (Å²) in [4.78, 5) is 0.807. The van der Waals surface area contributed by atoms with E-state index in [-0.39, 0.29) is 0 Å². The molecule has 1 heterocycles. The first kappa shape index (κ1) is 14.9. The number of hydrogen-bond acceptors (Lipinski definition) is 3. The molecule has 0 spiro atoms. The Bertz CT molecular complexity index is 583. The van der Waals surface area contributed by atoms with E-state index in [1.165, 1.54) is 11.3 Å². The maximum absolute atomic E-state index is 10.3. The molecule has 19 heavy (non-hydrogen) atoms. The predicted molar refractivity (Wildman–Crippen MR) is 83.4 cm³/mol. The van der Waals surface area contributed by atoms with Crippen molar-refractivity contribution in [3.05, 3.63) is 49.1 Å². The van der Waals surface area contributed by atoms with E-state index in [9.17, 15) is 5.11 Å². The second-order valence-corrected chi connectivity index (χ2v) is 6.48. The van der Waals surface area contributed by atoms with Crippen LogP contribution < -0.4 is 4.74 Å². The van der Waals surface area contributed by atoms with Crippen molar-refractivity contribution in [2.45, 2.75) is 19.4 Å². The van der Waals surface area contributed by atoms with Crippen LogP contribution in [0.1, 0.15) is 22.1 Å². The van der Waals surface area contributed by atoms with E-state index in [0.29, 0.717) is 11.4 Å². The summed E-state index contributed by atoms with van der Waals surface area (Å²) in [5.41, 5.74) is 1.95. The quantitative estimate of drug-likeness (QED) is 0.851. The summed E-state index contributed by atoms with van der Waals surface area (Å²) in [6, 6.07) is 5.75. The summed E-state index contributed by atoms with van der Waals surface area (Å²) in [6.45, 7) is 1.94. The molecule has 102 valence electrons. The molecule has 0 aliphatic rings. The largest absolute Gasteiger partial charge is 0.496 e. The van der Waals surface area contributed by atoms with Gasteiger partial charge < -0.3 is 9.84 Å². The highest BCUT2D eigenvalue weighted by atomic mass is 79.9. The molecular weight excluding hydrogens is 348 g/mol. The number of hydrogen-bond donors (Lipinski definition) is 1. The van der Waals surface area contributed by atoms with Gasteiger partial charge in [0.1, 0.15) is 5.75 Å². The standard InChI is InChI=1S/C14H14BrClO2S/c1-8-7-19-14(13(8)16)11(17)6-9-5-10(15)3-4-12(9)18-2/h3-5,7,11,17H,6H2,1-2H3. The minimum absolute atomic E-state index is 0.474. The van der Waals surface area contributed by atoms with E-state index in [0.717, 1.165) is 26.2 Å². The Labute approximate surface area is 130 Å². The van der Waals surface area contributed by atoms with Crippen LogP contribution in [0.15, 0.2) is 28.1 Å². The molecule has 0 radical (unpaired) electrons. The Hall–Kier alpha value is -0.550. The van der Waals surface area contributed by atoms with Crippen LogP contribution in [0, 0.1) is 6.92 Å². The molecule has 2 rings (SSSR count). The molecule has 0 saturated heterocycles. The molecule has 1 aromatic carbocycles. The predicted octanol–water partition coefficient (Wildman–Crippen LogP) is 4.76. The van der Waals surface area contributed by atoms with Crippen LogP contribution in [-0.4, -0.2) is 12.2 Å². The molecule has 1 atom stereocenters. The van der Waals surface area contributed by atoms with Gasteiger partial charge in [0, 0.05) is 10.9 Å². The molecule has 0 fully saturated rings. The van der Waals surface area contributed by atoms with Gasteiger partial charge in [-0.15, -0.1) is 11.3 Å². The van der Waals surface area contributed by atoms with Crippen LogP contribution in [0.4, 0.5) is 0 Å². The third-order valence-corrected chi connectivity index (χ3v) is 5.19. The van der Waals surface area contributed by atoms with Crippen LogP contribution in [-0.2, 0) is 6.42 Å². The fraction of sp³-hybridized carbons (Fsp3) is 0.286. The highest BCUT2D eigenvalue weighted by Gasteiger charge is 2.18. The molecule has 1 N–H and O–H groups in total. The second-order valence-electron chi connectivity index (χ2n) is 4.27. The summed E-state index contributed by atoms with van der Waals surface area (Å²) in [5.74, 6) is 0.770. The second kappa shape index (κ2) is 6.27. The Balaban J connectivity index is 2.26. The fourth-order valence-electron chi connectivity index (χ4n) is 1.88. The molecule has 0 aliphatic heterocycles. The zero-order valence-electron chi connectivity index (χ0n) is 10.6. The lowest BCUT2D eigenvalue weighted by molar-refractivity contribution is 0.181. The highest BCUT2D eigenvalue weighted by molar-refractivity contribution is 9.10. The molecular formula is C14H14BrClO2S. The lowest BCUT2D eigenvalue weighted by atomic mass is 10.1. The van der Waals surface area contributed by atoms with Crippen LogP contribution >= 0.6 is 38.9 Å². The van der Waals surface area contributed by atoms with Crippen molar-refractivity contribution < 1.29 is 9.84 Å². The normalized spacial score (nSPS) is 12.5. The van der Waals surface area contributed by atoms with Gasteiger partial charge in [-0.2, -0.15) is 0 Å². The monoisotopic (exact) mass is 360 g/mol. The smallest absolute Gasteiger partial charge is 0.122 e. The van der Waals surface area contributed by atoms with Gasteiger partial charge >= 0.3 is 0 Å². The van der Waals surface area contributed by atoms with Crippen LogP contribution in [0.2, 0.25) is 5.02 Å². The van der Waals surface area contributed by atoms with E-state index < -0.39 is 6.10 Å². The maximum Gasteiger partial charge on any atom is 0.122 e. The molecule has 1 unspecified atom stereocenters. The molecule has 0 saturated carbocycles. The van der Waals surface area contributed by atoms with Crippen molar-refractivity contribution in [3.8, 4) is 5.75 Å². The number of aliphatic hydroxyl groups excluding tert-OH is 1. The Morgan fingerprint density at radius 3 is 2.79 bits per heavy atom. The van der Waals surface area contributed by atoms with Crippen molar-refractivity contribution in [1.82, 2.24) is 0 Å². The average Bonchev–Trinajstić information content (AvgIpc) is 2.70. The van der Waals surface area contributed by atoms with Gasteiger partial charge in [0.05, 0.1) is 23.1 Å². The van der Waals surface area contributed by atoms with Crippen molar-refractivity contribution in [3.63, 3.8) is 0 Å². The first-order valence-corrected chi connectivity index (χ1v) is 7.82. The number of methoxy groups -OCH3 is 1. The molecule has 0 aliphatic carbocycles. The number of ether oxygens (including phenoxy) is 1. The maximum atomic E-state index is 10.3. The SMILES string of the molecule is COc1ccc(Br)cc1CC(O)c1scc(C)c1Cl. The zero-order valence-corrected chi connectivity index (χ0v) is 13.8. The number of aryl methyl sites for hydroxylation is 1. The molecule has 2 aromatic rings. The first-order chi connectivity index (χ1) is 9.02. The fourth-order valence-corrected chi connectivity index (χ4v) is 3.60. The average molecular weight is 362 g/mol. The lowest BCUT2D eigenvalue weighted by Crippen LogP contribution is -2.02. The molecule has 0 amide bonds. The van der Waals surface area contributed by atoms with E-state index in [1.807, 2.05) is 30.5 Å². The summed E-state index contributed by atoms with van der Waals surface area (Å²) < 4.78 is 6.27. The number of aliphatic hydroxyl groups is 1. The topological polar surface area (TPSA) is 29.5 Å². The lowest BCUT2D eigenvalue weighted by Gasteiger charge is -2.13. The van der Waals surface area contributed by atoms with Crippen molar-refractivity contribution >= 4 is 38.9 Å². The molecule has 0 bridgehead atoms. The minimum Gasteiger partial charge on any atom is -0.496 e. The Morgan fingerprint density at radius 2 is 2.21 bits per heavy atom. The first-order valence-electron chi connectivity index (χ1n) is 5.77. The van der Waals surface area contributed by atoms with Gasteiger partial charge in [-0.3, -0.25) is 0 Å². The molecule has 5 heteroatoms. The summed E-state index contributed by atoms with van der Waals surface area (Å²) in [7, 11) is 1.63. The molecule has 1 aromatic heterocycles. The van der Waals surface area contributed by atoms with Gasteiger partial charge in [-0.05, 0) is 41.6 Å². The van der Waals surface area contributed by atoms with E-state index in [2.05, 4.69) is 15.9 Å². The van der Waals surface area contributed by atoms with Gasteiger partial charge in [0.2, 0.25) is 0 Å². The van der Waals surface area contributed by atoms with Gasteiger partial charge in [0.25, 0.3) is 0 Å². The minimum atomic E-state index is -0.616. The van der Waals surface area contributed by atoms with Gasteiger partial charge in [-0.1, -0.05) is 27.5 Å². The molecule has 2 nitrogen and oxygen atoms in total. The van der Waals surface area contributed by atoms with E-state index in [1.54, 1.807) is 7.11 Å². The number of halogens is 2. The van der Waals surface area contributed by atoms with Gasteiger partial charge in [-0.25, -0.2) is 0 Å². The van der Waals surface area contributed by atoms with Crippen molar-refractivity contribution in [1.29, 1.82) is 0 Å². The van der Waals surface area contributed by atoms with Crippen LogP contribution in [0.25, 0.3) is 0 Å². The number of benzene rings is 1. The Kier molecular flexibility index (Phi) is 4.90. The van der Waals surface area contributed by atoms with Gasteiger partial charge in [0.15, 0.2) is 0 Å². The third kappa shape index (κ3) is 3.31. The van der Waals surface area contributed by atoms with Crippen LogP contribution in [0.3, 0.4) is 0 Å². The third-order valence-electron chi connectivity index (χ3n) is 2.88. The summed E-state index contributed by atoms with van der Waals surface area (Å²) in [5, 5.41) is 13.0. The van der Waals surface area contributed by atoms with E-state index >= 15 is 0 Å². The van der Waals surface area contributed by atoms with E-state index in [4.69, 9.17) is 16.3 Å². The number of thiophene rings is 1. The number of rotatable bonds is 4. The zero-order chi connectivity index (χ0) is 14.0. The highest BCUT2D eigenvalue weighted by Crippen LogP contribution is 2.35. The summed E-state index contributed by atoms with van der Waals surface area (Å²) in [6.07, 6.45) is -0.142. The van der Waals surface area contributed by atoms with Crippen LogP contribution in [0.5, 0.6) is 5.75 Å². The van der Waals surface area contributed by atoms with Crippen molar-refractivity contribution in [2.24, 2.45) is 0 Å². The van der Waals surface area contributed by atoms with Crippen molar-refractivity contribution in [2.75, 3.05) is 7.11 Å². The summed E-state index contributed by atoms with van der Waals surface area (Å²) >= 11 is 11.1.